The Morgan fingerprint density at radius 3 is 2.48 bits per heavy atom. The molecule has 1 saturated heterocycles. The molecular formula is C18H18N2O6S. The number of carbonyl (C=O) groups is 2. The second kappa shape index (κ2) is 7.36. The van der Waals surface area contributed by atoms with Gasteiger partial charge in [-0.25, -0.2) is 14.6 Å². The lowest BCUT2D eigenvalue weighted by molar-refractivity contribution is -0.222. The van der Waals surface area contributed by atoms with Crippen LogP contribution in [0, 0.1) is 0 Å². The van der Waals surface area contributed by atoms with Crippen LogP contribution in [-0.2, 0) is 19.1 Å². The smallest absolute Gasteiger partial charge is 0.351 e. The summed E-state index contributed by atoms with van der Waals surface area (Å²) in [4.78, 5) is 28.4. The molecular weight excluding hydrogens is 372 g/mol. The van der Waals surface area contributed by atoms with Crippen molar-refractivity contribution in [2.24, 2.45) is 0 Å². The summed E-state index contributed by atoms with van der Waals surface area (Å²) >= 11 is 1.19. The summed E-state index contributed by atoms with van der Waals surface area (Å²) < 4.78 is 21.0. The lowest BCUT2D eigenvalue weighted by Gasteiger charge is -2.30. The van der Waals surface area contributed by atoms with Crippen LogP contribution < -0.4 is 10.1 Å². The third-order valence-electron chi connectivity index (χ3n) is 3.67. The van der Waals surface area contributed by atoms with E-state index in [1.165, 1.54) is 39.1 Å². The number of hydrogen-bond donors (Lipinski definition) is 1. The van der Waals surface area contributed by atoms with Gasteiger partial charge < -0.3 is 23.9 Å². The number of aromatic nitrogens is 1. The maximum atomic E-state index is 12.3. The second-order valence-electron chi connectivity index (χ2n) is 5.99. The molecule has 0 saturated carbocycles. The first kappa shape index (κ1) is 18.8. The third-order valence-corrected chi connectivity index (χ3v) is 4.39. The van der Waals surface area contributed by atoms with Crippen molar-refractivity contribution in [1.29, 1.82) is 0 Å². The standard InChI is InChI=1S/C18H18N2O6S/c1-18(2)25-16(21)14(17(22)26-18)15(27-4)20-10-5-6-11(12(7-10)23-3)13-8-19-9-24-13/h5-9,20H,1-4H3. The number of rotatable bonds is 5. The Morgan fingerprint density at radius 2 is 1.93 bits per heavy atom. The van der Waals surface area contributed by atoms with Gasteiger partial charge in [0.2, 0.25) is 0 Å². The van der Waals surface area contributed by atoms with E-state index < -0.39 is 17.7 Å². The van der Waals surface area contributed by atoms with Crippen molar-refractivity contribution in [3.05, 3.63) is 41.4 Å². The first-order valence-corrected chi connectivity index (χ1v) is 9.16. The molecule has 0 amide bonds. The van der Waals surface area contributed by atoms with Crippen molar-refractivity contribution in [2.75, 3.05) is 18.7 Å². The summed E-state index contributed by atoms with van der Waals surface area (Å²) in [5.41, 5.74) is 1.15. The Morgan fingerprint density at radius 1 is 1.22 bits per heavy atom. The number of esters is 2. The molecule has 2 aromatic rings. The van der Waals surface area contributed by atoms with E-state index in [-0.39, 0.29) is 5.57 Å². The molecule has 0 radical (unpaired) electrons. The van der Waals surface area contributed by atoms with Crippen LogP contribution in [-0.4, -0.2) is 36.1 Å². The molecule has 1 N–H and O–H groups in total. The maximum Gasteiger partial charge on any atom is 0.351 e. The Balaban J connectivity index is 1.93. The first-order valence-electron chi connectivity index (χ1n) is 7.93. The van der Waals surface area contributed by atoms with Crippen LogP contribution in [0.5, 0.6) is 5.75 Å². The maximum absolute atomic E-state index is 12.3. The van der Waals surface area contributed by atoms with E-state index >= 15 is 0 Å². The molecule has 1 aromatic carbocycles. The summed E-state index contributed by atoms with van der Waals surface area (Å²) in [5, 5.41) is 3.36. The van der Waals surface area contributed by atoms with Gasteiger partial charge in [0, 0.05) is 25.6 Å². The number of anilines is 1. The molecule has 1 fully saturated rings. The Labute approximate surface area is 159 Å². The van der Waals surface area contributed by atoms with E-state index in [0.717, 1.165) is 5.56 Å². The number of oxazole rings is 1. The summed E-state index contributed by atoms with van der Waals surface area (Å²) in [6, 6.07) is 5.27. The lowest BCUT2D eigenvalue weighted by atomic mass is 10.1. The molecule has 0 atom stereocenters. The summed E-state index contributed by atoms with van der Waals surface area (Å²) in [6.45, 7) is 3.00. The Kier molecular flexibility index (Phi) is 5.13. The summed E-state index contributed by atoms with van der Waals surface area (Å²) in [6.07, 6.45) is 4.64. The van der Waals surface area contributed by atoms with E-state index in [2.05, 4.69) is 10.3 Å². The van der Waals surface area contributed by atoms with Crippen LogP contribution >= 0.6 is 11.8 Å². The topological polar surface area (TPSA) is 99.9 Å². The number of methoxy groups -OCH3 is 1. The van der Waals surface area contributed by atoms with Gasteiger partial charge in [-0.1, -0.05) is 0 Å². The molecule has 1 aromatic heterocycles. The molecule has 0 bridgehead atoms. The number of ether oxygens (including phenoxy) is 3. The highest BCUT2D eigenvalue weighted by Gasteiger charge is 2.41. The second-order valence-corrected chi connectivity index (χ2v) is 6.81. The predicted molar refractivity (Wildman–Crippen MR) is 98.9 cm³/mol. The fourth-order valence-electron chi connectivity index (χ4n) is 2.51. The monoisotopic (exact) mass is 390 g/mol. The number of benzene rings is 1. The Bertz CT molecular complexity index is 883. The van der Waals surface area contributed by atoms with Crippen molar-refractivity contribution < 1.29 is 28.2 Å². The van der Waals surface area contributed by atoms with Gasteiger partial charge in [0.15, 0.2) is 17.7 Å². The molecule has 9 heteroatoms. The van der Waals surface area contributed by atoms with E-state index in [4.69, 9.17) is 18.6 Å². The zero-order chi connectivity index (χ0) is 19.6. The highest BCUT2D eigenvalue weighted by atomic mass is 32.2. The van der Waals surface area contributed by atoms with Gasteiger partial charge in [-0.05, 0) is 18.4 Å². The van der Waals surface area contributed by atoms with Crippen LogP contribution in [0.15, 0.2) is 45.8 Å². The molecule has 142 valence electrons. The highest BCUT2D eigenvalue weighted by Crippen LogP contribution is 2.34. The van der Waals surface area contributed by atoms with E-state index in [0.29, 0.717) is 22.2 Å². The molecule has 0 spiro atoms. The number of nitrogens with zero attached hydrogens (tertiary/aromatic N) is 1. The summed E-state index contributed by atoms with van der Waals surface area (Å²) in [7, 11) is 1.53. The highest BCUT2D eigenvalue weighted by molar-refractivity contribution is 8.02. The van der Waals surface area contributed by atoms with Gasteiger partial charge in [-0.3, -0.25) is 0 Å². The number of carbonyl (C=O) groups excluding carboxylic acids is 2. The van der Waals surface area contributed by atoms with Crippen molar-refractivity contribution in [2.45, 2.75) is 19.6 Å². The van der Waals surface area contributed by atoms with Crippen LogP contribution in [0.3, 0.4) is 0 Å². The molecule has 8 nitrogen and oxygen atoms in total. The fourth-order valence-corrected chi connectivity index (χ4v) is 3.10. The van der Waals surface area contributed by atoms with Crippen LogP contribution in [0.4, 0.5) is 5.69 Å². The minimum absolute atomic E-state index is 0.180. The first-order chi connectivity index (χ1) is 12.8. The van der Waals surface area contributed by atoms with Crippen molar-refractivity contribution in [1.82, 2.24) is 4.98 Å². The van der Waals surface area contributed by atoms with Gasteiger partial charge in [0.05, 0.1) is 23.9 Å². The van der Waals surface area contributed by atoms with Crippen molar-refractivity contribution >= 4 is 29.4 Å². The molecule has 3 rings (SSSR count). The molecule has 2 heterocycles. The minimum atomic E-state index is -1.29. The summed E-state index contributed by atoms with van der Waals surface area (Å²) in [5.74, 6) is -1.67. The molecule has 1 aliphatic rings. The van der Waals surface area contributed by atoms with Gasteiger partial charge >= 0.3 is 11.9 Å². The SMILES string of the molecule is COc1cc(NC(SC)=C2C(=O)OC(C)(C)OC2=O)ccc1-c1cnco1. The average Bonchev–Trinajstić information content (AvgIpc) is 3.13. The van der Waals surface area contributed by atoms with Crippen LogP contribution in [0.2, 0.25) is 0 Å². The molecule has 1 aliphatic heterocycles. The number of cyclic esters (lactones) is 2. The van der Waals surface area contributed by atoms with Gasteiger partial charge in [-0.2, -0.15) is 0 Å². The Hall–Kier alpha value is -2.94. The van der Waals surface area contributed by atoms with Gasteiger partial charge in [0.1, 0.15) is 5.75 Å². The zero-order valence-electron chi connectivity index (χ0n) is 15.2. The largest absolute Gasteiger partial charge is 0.496 e. The third kappa shape index (κ3) is 3.92. The number of nitrogens with one attached hydrogen (secondary N) is 1. The van der Waals surface area contributed by atoms with Crippen LogP contribution in [0.25, 0.3) is 11.3 Å². The normalized spacial score (nSPS) is 15.8. The molecule has 0 unspecified atom stereocenters. The molecule has 27 heavy (non-hydrogen) atoms. The van der Waals surface area contributed by atoms with Crippen LogP contribution in [0.1, 0.15) is 13.8 Å². The van der Waals surface area contributed by atoms with Gasteiger partial charge in [0.25, 0.3) is 5.79 Å². The molecule has 0 aliphatic carbocycles. The van der Waals surface area contributed by atoms with Crippen molar-refractivity contribution in [3.8, 4) is 17.1 Å². The van der Waals surface area contributed by atoms with E-state index in [9.17, 15) is 9.59 Å². The average molecular weight is 390 g/mol. The number of hydrogen-bond acceptors (Lipinski definition) is 9. The lowest BCUT2D eigenvalue weighted by Crippen LogP contribution is -2.42. The predicted octanol–water partition coefficient (Wildman–Crippen LogP) is 3.17. The van der Waals surface area contributed by atoms with Gasteiger partial charge in [-0.15, -0.1) is 11.8 Å². The minimum Gasteiger partial charge on any atom is -0.496 e. The van der Waals surface area contributed by atoms with Crippen molar-refractivity contribution in [3.63, 3.8) is 0 Å². The fraction of sp³-hybridized carbons (Fsp3) is 0.278. The zero-order valence-corrected chi connectivity index (χ0v) is 16.0. The number of thioether (sulfide) groups is 1. The quantitative estimate of drug-likeness (QED) is 0.469. The van der Waals surface area contributed by atoms with E-state index in [1.54, 1.807) is 30.7 Å². The van der Waals surface area contributed by atoms with E-state index in [1.807, 2.05) is 0 Å².